The molecule has 3 rings (SSSR count). The van der Waals surface area contributed by atoms with Crippen LogP contribution in [0.5, 0.6) is 0 Å². The van der Waals surface area contributed by atoms with E-state index in [0.717, 1.165) is 13.0 Å². The first-order valence-electron chi connectivity index (χ1n) is 6.96. The minimum absolute atomic E-state index is 0.579. The van der Waals surface area contributed by atoms with Gasteiger partial charge >= 0.3 is 0 Å². The number of hydrogen-bond acceptors (Lipinski definition) is 1. The van der Waals surface area contributed by atoms with Crippen LogP contribution in [0.2, 0.25) is 0 Å². The minimum atomic E-state index is 0.579. The van der Waals surface area contributed by atoms with E-state index in [0.29, 0.717) is 6.04 Å². The molecule has 2 aromatic rings. The molecule has 20 heavy (non-hydrogen) atoms. The second kappa shape index (κ2) is 6.42. The smallest absolute Gasteiger partial charge is 0.0220 e. The molecule has 0 fully saturated rings. The monoisotopic (exact) mass is 393 g/mol. The fourth-order valence-electron chi connectivity index (χ4n) is 2.79. The normalized spacial score (nSPS) is 17.8. The molecule has 3 heteroatoms. The molecule has 1 aliphatic carbocycles. The van der Waals surface area contributed by atoms with Crippen LogP contribution in [-0.2, 0) is 19.4 Å². The Morgan fingerprint density at radius 3 is 2.75 bits per heavy atom. The Morgan fingerprint density at radius 2 is 1.90 bits per heavy atom. The molecular formula is C17H17Br2N. The van der Waals surface area contributed by atoms with E-state index < -0.39 is 0 Å². The van der Waals surface area contributed by atoms with Gasteiger partial charge in [-0.15, -0.1) is 0 Å². The first-order valence-corrected chi connectivity index (χ1v) is 8.55. The van der Waals surface area contributed by atoms with Gasteiger partial charge in [-0.3, -0.25) is 0 Å². The zero-order valence-electron chi connectivity index (χ0n) is 11.2. The van der Waals surface area contributed by atoms with Gasteiger partial charge in [-0.25, -0.2) is 0 Å². The van der Waals surface area contributed by atoms with Gasteiger partial charge in [-0.2, -0.15) is 0 Å². The summed E-state index contributed by atoms with van der Waals surface area (Å²) in [6, 6.07) is 15.7. The zero-order valence-corrected chi connectivity index (χ0v) is 14.4. The average Bonchev–Trinajstić information content (AvgIpc) is 2.46. The first kappa shape index (κ1) is 14.3. The van der Waals surface area contributed by atoms with Gasteiger partial charge in [0.2, 0.25) is 0 Å². The average molecular weight is 395 g/mol. The summed E-state index contributed by atoms with van der Waals surface area (Å²) in [5.41, 5.74) is 4.32. The molecule has 1 atom stereocenters. The Morgan fingerprint density at radius 1 is 1.05 bits per heavy atom. The SMILES string of the molecule is Brc1ccc2c(c1)CCC(NCc1ccccc1Br)C2. The molecule has 0 aromatic heterocycles. The molecule has 1 unspecified atom stereocenters. The van der Waals surface area contributed by atoms with E-state index in [2.05, 4.69) is 79.6 Å². The molecule has 0 spiro atoms. The molecule has 0 saturated carbocycles. The van der Waals surface area contributed by atoms with E-state index in [9.17, 15) is 0 Å². The fraction of sp³-hybridized carbons (Fsp3) is 0.294. The van der Waals surface area contributed by atoms with Gasteiger partial charge in [0, 0.05) is 21.5 Å². The number of benzene rings is 2. The predicted molar refractivity (Wildman–Crippen MR) is 90.9 cm³/mol. The third kappa shape index (κ3) is 3.33. The Hall–Kier alpha value is -0.640. The molecule has 1 aliphatic rings. The van der Waals surface area contributed by atoms with E-state index in [1.54, 1.807) is 0 Å². The summed E-state index contributed by atoms with van der Waals surface area (Å²) < 4.78 is 2.38. The van der Waals surface area contributed by atoms with Crippen LogP contribution in [0.15, 0.2) is 51.4 Å². The summed E-state index contributed by atoms with van der Waals surface area (Å²) >= 11 is 7.16. The Balaban J connectivity index is 1.63. The van der Waals surface area contributed by atoms with E-state index in [1.807, 2.05) is 0 Å². The summed E-state index contributed by atoms with van der Waals surface area (Å²) in [5.74, 6) is 0. The van der Waals surface area contributed by atoms with E-state index in [1.165, 1.54) is 38.5 Å². The minimum Gasteiger partial charge on any atom is -0.310 e. The van der Waals surface area contributed by atoms with Crippen molar-refractivity contribution in [3.8, 4) is 0 Å². The molecule has 1 N–H and O–H groups in total. The summed E-state index contributed by atoms with van der Waals surface area (Å²) in [5, 5.41) is 3.69. The molecule has 0 bridgehead atoms. The highest BCUT2D eigenvalue weighted by Crippen LogP contribution is 2.25. The fourth-order valence-corrected chi connectivity index (χ4v) is 3.63. The van der Waals surface area contributed by atoms with Crippen LogP contribution in [0, 0.1) is 0 Å². The van der Waals surface area contributed by atoms with Crippen LogP contribution >= 0.6 is 31.9 Å². The maximum absolute atomic E-state index is 3.69. The van der Waals surface area contributed by atoms with Crippen molar-refractivity contribution in [2.45, 2.75) is 31.8 Å². The summed E-state index contributed by atoms with van der Waals surface area (Å²) in [6.07, 6.45) is 3.52. The maximum Gasteiger partial charge on any atom is 0.0220 e. The molecule has 0 saturated heterocycles. The molecule has 0 heterocycles. The van der Waals surface area contributed by atoms with E-state index >= 15 is 0 Å². The van der Waals surface area contributed by atoms with Crippen LogP contribution < -0.4 is 5.32 Å². The molecule has 0 radical (unpaired) electrons. The van der Waals surface area contributed by atoms with Gasteiger partial charge in [0.05, 0.1) is 0 Å². The van der Waals surface area contributed by atoms with Gasteiger partial charge in [-0.1, -0.05) is 56.1 Å². The summed E-state index contributed by atoms with van der Waals surface area (Å²) in [7, 11) is 0. The Labute approximate surface area is 137 Å². The molecular weight excluding hydrogens is 378 g/mol. The highest BCUT2D eigenvalue weighted by atomic mass is 79.9. The second-order valence-electron chi connectivity index (χ2n) is 5.33. The quantitative estimate of drug-likeness (QED) is 0.783. The van der Waals surface area contributed by atoms with Crippen molar-refractivity contribution in [1.29, 1.82) is 0 Å². The van der Waals surface area contributed by atoms with Gasteiger partial charge < -0.3 is 5.32 Å². The molecule has 1 nitrogen and oxygen atoms in total. The lowest BCUT2D eigenvalue weighted by Gasteiger charge is -2.26. The van der Waals surface area contributed by atoms with Gasteiger partial charge in [-0.05, 0) is 54.2 Å². The third-order valence-electron chi connectivity index (χ3n) is 3.94. The highest BCUT2D eigenvalue weighted by Gasteiger charge is 2.18. The zero-order chi connectivity index (χ0) is 13.9. The Kier molecular flexibility index (Phi) is 4.59. The van der Waals surface area contributed by atoms with Crippen LogP contribution in [0.25, 0.3) is 0 Å². The predicted octanol–water partition coefficient (Wildman–Crippen LogP) is 4.86. The third-order valence-corrected chi connectivity index (χ3v) is 5.20. The molecule has 0 amide bonds. The van der Waals surface area contributed by atoms with E-state index in [4.69, 9.17) is 0 Å². The van der Waals surface area contributed by atoms with Gasteiger partial charge in [0.15, 0.2) is 0 Å². The van der Waals surface area contributed by atoms with Crippen LogP contribution in [0.4, 0.5) is 0 Å². The van der Waals surface area contributed by atoms with Gasteiger partial charge in [0.1, 0.15) is 0 Å². The van der Waals surface area contributed by atoms with Crippen LogP contribution in [0.1, 0.15) is 23.1 Å². The van der Waals surface area contributed by atoms with E-state index in [-0.39, 0.29) is 0 Å². The van der Waals surface area contributed by atoms with Crippen LogP contribution in [-0.4, -0.2) is 6.04 Å². The number of rotatable bonds is 3. The number of nitrogens with one attached hydrogen (secondary N) is 1. The van der Waals surface area contributed by atoms with Crippen molar-refractivity contribution in [3.05, 3.63) is 68.1 Å². The lowest BCUT2D eigenvalue weighted by Crippen LogP contribution is -2.34. The van der Waals surface area contributed by atoms with Crippen molar-refractivity contribution < 1.29 is 0 Å². The lowest BCUT2D eigenvalue weighted by atomic mass is 9.88. The largest absolute Gasteiger partial charge is 0.310 e. The van der Waals surface area contributed by atoms with Crippen molar-refractivity contribution in [1.82, 2.24) is 5.32 Å². The van der Waals surface area contributed by atoms with Crippen molar-refractivity contribution in [2.24, 2.45) is 0 Å². The molecule has 104 valence electrons. The number of aryl methyl sites for hydroxylation is 1. The number of hydrogen-bond donors (Lipinski definition) is 1. The second-order valence-corrected chi connectivity index (χ2v) is 7.10. The highest BCUT2D eigenvalue weighted by molar-refractivity contribution is 9.10. The number of halogens is 2. The van der Waals surface area contributed by atoms with Gasteiger partial charge in [0.25, 0.3) is 0 Å². The summed E-state index contributed by atoms with van der Waals surface area (Å²) in [4.78, 5) is 0. The van der Waals surface area contributed by atoms with Crippen molar-refractivity contribution >= 4 is 31.9 Å². The summed E-state index contributed by atoms with van der Waals surface area (Å²) in [6.45, 7) is 0.929. The lowest BCUT2D eigenvalue weighted by molar-refractivity contribution is 0.457. The maximum atomic E-state index is 3.69. The van der Waals surface area contributed by atoms with Crippen molar-refractivity contribution in [2.75, 3.05) is 0 Å². The Bertz CT molecular complexity index is 610. The number of fused-ring (bicyclic) bond motifs is 1. The topological polar surface area (TPSA) is 12.0 Å². The standard InChI is InChI=1S/C17H17Br2N/c18-15-7-5-13-10-16(8-6-12(13)9-15)20-11-14-3-1-2-4-17(14)19/h1-5,7,9,16,20H,6,8,10-11H2. The van der Waals surface area contributed by atoms with Crippen molar-refractivity contribution in [3.63, 3.8) is 0 Å². The first-order chi connectivity index (χ1) is 9.72. The molecule has 2 aromatic carbocycles. The molecule has 0 aliphatic heterocycles. The van der Waals surface area contributed by atoms with Crippen LogP contribution in [0.3, 0.4) is 0 Å².